The molecule has 1 N–H and O–H groups in total. The summed E-state index contributed by atoms with van der Waals surface area (Å²) >= 11 is 0. The average Bonchev–Trinajstić information content (AvgIpc) is 2.47. The van der Waals surface area contributed by atoms with Crippen molar-refractivity contribution in [3.8, 4) is 17.2 Å². The quantitative estimate of drug-likeness (QED) is 0.892. The fraction of sp³-hybridized carbons (Fsp3) is 0.200. The zero-order valence-electron chi connectivity index (χ0n) is 11.3. The van der Waals surface area contributed by atoms with E-state index in [9.17, 15) is 0 Å². The van der Waals surface area contributed by atoms with Crippen LogP contribution in [0.15, 0.2) is 42.5 Å². The van der Waals surface area contributed by atoms with Crippen molar-refractivity contribution in [2.75, 3.05) is 26.6 Å². The fourth-order valence-electron chi connectivity index (χ4n) is 1.82. The van der Waals surface area contributed by atoms with Crippen molar-refractivity contribution in [2.24, 2.45) is 0 Å². The molecule has 0 unspecified atom stereocenters. The van der Waals surface area contributed by atoms with Crippen LogP contribution in [0.1, 0.15) is 0 Å². The van der Waals surface area contributed by atoms with Crippen LogP contribution in [0.2, 0.25) is 0 Å². The number of hydrogen-bond acceptors (Lipinski definition) is 4. The van der Waals surface area contributed by atoms with Crippen molar-refractivity contribution in [3.63, 3.8) is 0 Å². The lowest BCUT2D eigenvalue weighted by Crippen LogP contribution is -1.96. The number of rotatable bonds is 5. The zero-order valence-corrected chi connectivity index (χ0v) is 11.3. The van der Waals surface area contributed by atoms with E-state index in [2.05, 4.69) is 5.32 Å². The Kier molecular flexibility index (Phi) is 4.13. The van der Waals surface area contributed by atoms with Gasteiger partial charge in [0.25, 0.3) is 0 Å². The number of hydrogen-bond donors (Lipinski definition) is 1. The van der Waals surface area contributed by atoms with Crippen molar-refractivity contribution >= 4 is 11.4 Å². The second-order valence-corrected chi connectivity index (χ2v) is 3.90. The highest BCUT2D eigenvalue weighted by Crippen LogP contribution is 2.33. The first-order chi connectivity index (χ1) is 9.28. The largest absolute Gasteiger partial charge is 0.495 e. The number of ether oxygens (including phenoxy) is 3. The van der Waals surface area contributed by atoms with Gasteiger partial charge >= 0.3 is 0 Å². The molecule has 2 aromatic carbocycles. The summed E-state index contributed by atoms with van der Waals surface area (Å²) in [5.74, 6) is 2.17. The third-order valence-corrected chi connectivity index (χ3v) is 2.77. The molecule has 0 saturated heterocycles. The summed E-state index contributed by atoms with van der Waals surface area (Å²) in [6.45, 7) is 0. The molecule has 0 fully saturated rings. The molecule has 0 bridgehead atoms. The monoisotopic (exact) mass is 259 g/mol. The Balaban J connectivity index is 2.28. The van der Waals surface area contributed by atoms with Gasteiger partial charge in [0.1, 0.15) is 5.75 Å². The SMILES string of the molecule is COc1ccccc1Nc1ccc(OC)c(OC)c1. The molecule has 4 nitrogen and oxygen atoms in total. The standard InChI is InChI=1S/C15H17NO3/c1-17-13-7-5-4-6-12(13)16-11-8-9-14(18-2)15(10-11)19-3/h4-10,16H,1-3H3. The van der Waals surface area contributed by atoms with Crippen molar-refractivity contribution in [2.45, 2.75) is 0 Å². The van der Waals surface area contributed by atoms with Gasteiger partial charge in [-0.2, -0.15) is 0 Å². The number of benzene rings is 2. The molecule has 0 heterocycles. The first-order valence-corrected chi connectivity index (χ1v) is 5.90. The van der Waals surface area contributed by atoms with E-state index < -0.39 is 0 Å². The molecule has 2 rings (SSSR count). The molecule has 0 aliphatic rings. The second-order valence-electron chi connectivity index (χ2n) is 3.90. The minimum atomic E-state index is 0.683. The van der Waals surface area contributed by atoms with Crippen molar-refractivity contribution in [1.82, 2.24) is 0 Å². The number of methoxy groups -OCH3 is 3. The molecular formula is C15H17NO3. The van der Waals surface area contributed by atoms with Gasteiger partial charge in [-0.15, -0.1) is 0 Å². The molecule has 0 radical (unpaired) electrons. The molecule has 0 aliphatic carbocycles. The number of para-hydroxylation sites is 2. The summed E-state index contributed by atoms with van der Waals surface area (Å²) in [6.07, 6.45) is 0. The van der Waals surface area contributed by atoms with Gasteiger partial charge in [0.15, 0.2) is 11.5 Å². The molecule has 0 aliphatic heterocycles. The van der Waals surface area contributed by atoms with Crippen LogP contribution >= 0.6 is 0 Å². The smallest absolute Gasteiger partial charge is 0.162 e. The van der Waals surface area contributed by atoms with E-state index in [-0.39, 0.29) is 0 Å². The van der Waals surface area contributed by atoms with Gasteiger partial charge in [-0.25, -0.2) is 0 Å². The van der Waals surface area contributed by atoms with Crippen LogP contribution in [0.25, 0.3) is 0 Å². The predicted octanol–water partition coefficient (Wildman–Crippen LogP) is 3.46. The van der Waals surface area contributed by atoms with Gasteiger partial charge in [-0.3, -0.25) is 0 Å². The van der Waals surface area contributed by atoms with E-state index in [0.29, 0.717) is 11.5 Å². The molecule has 4 heteroatoms. The lowest BCUT2D eigenvalue weighted by Gasteiger charge is -2.13. The van der Waals surface area contributed by atoms with E-state index in [1.807, 2.05) is 42.5 Å². The minimum absolute atomic E-state index is 0.683. The molecule has 0 amide bonds. The second kappa shape index (κ2) is 6.00. The van der Waals surface area contributed by atoms with Gasteiger partial charge in [0.2, 0.25) is 0 Å². The highest BCUT2D eigenvalue weighted by atomic mass is 16.5. The topological polar surface area (TPSA) is 39.7 Å². The first-order valence-electron chi connectivity index (χ1n) is 5.90. The molecule has 100 valence electrons. The van der Waals surface area contributed by atoms with Crippen LogP contribution in [-0.4, -0.2) is 21.3 Å². The van der Waals surface area contributed by atoms with Gasteiger partial charge in [-0.05, 0) is 24.3 Å². The van der Waals surface area contributed by atoms with E-state index in [1.54, 1.807) is 21.3 Å². The summed E-state index contributed by atoms with van der Waals surface area (Å²) in [5, 5.41) is 3.29. The Morgan fingerprint density at radius 2 is 1.42 bits per heavy atom. The van der Waals surface area contributed by atoms with Gasteiger partial charge in [-0.1, -0.05) is 12.1 Å². The van der Waals surface area contributed by atoms with Gasteiger partial charge in [0, 0.05) is 11.8 Å². The van der Waals surface area contributed by atoms with Gasteiger partial charge in [0.05, 0.1) is 27.0 Å². The van der Waals surface area contributed by atoms with Crippen LogP contribution < -0.4 is 19.5 Å². The Labute approximate surface area is 112 Å². The van der Waals surface area contributed by atoms with E-state index in [4.69, 9.17) is 14.2 Å². The maximum Gasteiger partial charge on any atom is 0.162 e. The summed E-state index contributed by atoms with van der Waals surface area (Å²) in [5.41, 5.74) is 1.80. The molecule has 0 spiro atoms. The maximum atomic E-state index is 5.30. The summed E-state index contributed by atoms with van der Waals surface area (Å²) in [6, 6.07) is 13.4. The van der Waals surface area contributed by atoms with Crippen LogP contribution in [0.4, 0.5) is 11.4 Å². The molecule has 0 aromatic heterocycles. The predicted molar refractivity (Wildman–Crippen MR) is 75.8 cm³/mol. The van der Waals surface area contributed by atoms with Crippen LogP contribution in [-0.2, 0) is 0 Å². The lowest BCUT2D eigenvalue weighted by atomic mass is 10.2. The molecule has 0 saturated carbocycles. The van der Waals surface area contributed by atoms with E-state index in [1.165, 1.54) is 0 Å². The van der Waals surface area contributed by atoms with Crippen molar-refractivity contribution in [1.29, 1.82) is 0 Å². The highest BCUT2D eigenvalue weighted by molar-refractivity contribution is 5.68. The zero-order chi connectivity index (χ0) is 13.7. The molecule has 2 aromatic rings. The molecule has 0 atom stereocenters. The molecule has 19 heavy (non-hydrogen) atoms. The summed E-state index contributed by atoms with van der Waals surface area (Å²) < 4.78 is 15.8. The van der Waals surface area contributed by atoms with E-state index in [0.717, 1.165) is 17.1 Å². The summed E-state index contributed by atoms with van der Waals surface area (Å²) in [4.78, 5) is 0. The van der Waals surface area contributed by atoms with E-state index >= 15 is 0 Å². The van der Waals surface area contributed by atoms with Crippen molar-refractivity contribution < 1.29 is 14.2 Å². The highest BCUT2D eigenvalue weighted by Gasteiger charge is 2.06. The lowest BCUT2D eigenvalue weighted by molar-refractivity contribution is 0.355. The first kappa shape index (κ1) is 13.1. The maximum absolute atomic E-state index is 5.30. The number of anilines is 2. The van der Waals surface area contributed by atoms with Crippen LogP contribution in [0.3, 0.4) is 0 Å². The Hall–Kier alpha value is -2.36. The normalized spacial score (nSPS) is 9.84. The third kappa shape index (κ3) is 2.91. The Bertz CT molecular complexity index is 555. The fourth-order valence-corrected chi connectivity index (χ4v) is 1.82. The van der Waals surface area contributed by atoms with Crippen LogP contribution in [0, 0.1) is 0 Å². The minimum Gasteiger partial charge on any atom is -0.495 e. The molecular weight excluding hydrogens is 242 g/mol. The Morgan fingerprint density at radius 1 is 0.737 bits per heavy atom. The summed E-state index contributed by atoms with van der Waals surface area (Å²) in [7, 11) is 4.88. The van der Waals surface area contributed by atoms with Gasteiger partial charge < -0.3 is 19.5 Å². The third-order valence-electron chi connectivity index (χ3n) is 2.77. The Morgan fingerprint density at radius 3 is 2.11 bits per heavy atom. The van der Waals surface area contributed by atoms with Crippen molar-refractivity contribution in [3.05, 3.63) is 42.5 Å². The average molecular weight is 259 g/mol. The number of nitrogens with one attached hydrogen (secondary N) is 1. The van der Waals surface area contributed by atoms with Crippen LogP contribution in [0.5, 0.6) is 17.2 Å².